The van der Waals surface area contributed by atoms with Gasteiger partial charge in [0.05, 0.1) is 0 Å². The molecule has 1 aromatic carbocycles. The molecule has 0 atom stereocenters. The monoisotopic (exact) mass is 256 g/mol. The first kappa shape index (κ1) is 12.9. The summed E-state index contributed by atoms with van der Waals surface area (Å²) in [7, 11) is 3.91. The zero-order chi connectivity index (χ0) is 13.7. The molecule has 0 aliphatic carbocycles. The molecule has 2 N–H and O–H groups in total. The Kier molecular flexibility index (Phi) is 3.97. The molecule has 5 heteroatoms. The third-order valence-electron chi connectivity index (χ3n) is 2.56. The highest BCUT2D eigenvalue weighted by Crippen LogP contribution is 2.17. The van der Waals surface area contributed by atoms with E-state index in [0.29, 0.717) is 5.69 Å². The van der Waals surface area contributed by atoms with Crippen LogP contribution in [0.1, 0.15) is 0 Å². The summed E-state index contributed by atoms with van der Waals surface area (Å²) in [5.74, 6) is 0. The summed E-state index contributed by atoms with van der Waals surface area (Å²) in [5, 5.41) is 5.52. The lowest BCUT2D eigenvalue weighted by atomic mass is 10.2. The van der Waals surface area contributed by atoms with Crippen LogP contribution in [0, 0.1) is 0 Å². The zero-order valence-corrected chi connectivity index (χ0v) is 10.9. The molecule has 2 aromatic rings. The van der Waals surface area contributed by atoms with Gasteiger partial charge in [-0.25, -0.2) is 4.79 Å². The summed E-state index contributed by atoms with van der Waals surface area (Å²) in [6.45, 7) is 0. The molecule has 0 spiro atoms. The molecule has 2 rings (SSSR count). The summed E-state index contributed by atoms with van der Waals surface area (Å²) in [6.07, 6.45) is 3.25. The van der Waals surface area contributed by atoms with Crippen LogP contribution in [0.3, 0.4) is 0 Å². The molecule has 0 saturated carbocycles. The molecule has 0 aliphatic rings. The number of hydrogen-bond donors (Lipinski definition) is 2. The van der Waals surface area contributed by atoms with Crippen LogP contribution in [0.2, 0.25) is 0 Å². The Hall–Kier alpha value is -2.56. The van der Waals surface area contributed by atoms with E-state index in [1.165, 1.54) is 0 Å². The average molecular weight is 256 g/mol. The SMILES string of the molecule is CN(C)c1cccc(NC(=O)Nc2ccncc2)c1. The van der Waals surface area contributed by atoms with E-state index in [9.17, 15) is 4.79 Å². The van der Waals surface area contributed by atoms with E-state index in [1.807, 2.05) is 43.3 Å². The zero-order valence-electron chi connectivity index (χ0n) is 10.9. The van der Waals surface area contributed by atoms with Crippen molar-refractivity contribution in [2.24, 2.45) is 0 Å². The molecule has 0 bridgehead atoms. The van der Waals surface area contributed by atoms with Crippen LogP contribution >= 0.6 is 0 Å². The Morgan fingerprint density at radius 3 is 2.42 bits per heavy atom. The van der Waals surface area contributed by atoms with Crippen molar-refractivity contribution in [3.63, 3.8) is 0 Å². The van der Waals surface area contributed by atoms with Crippen molar-refractivity contribution < 1.29 is 4.79 Å². The topological polar surface area (TPSA) is 57.3 Å². The Labute approximate surface area is 112 Å². The van der Waals surface area contributed by atoms with Crippen LogP contribution in [0.4, 0.5) is 21.9 Å². The first-order valence-electron chi connectivity index (χ1n) is 5.90. The fraction of sp³-hybridized carbons (Fsp3) is 0.143. The summed E-state index contributed by atoms with van der Waals surface area (Å²) >= 11 is 0. The van der Waals surface area contributed by atoms with Gasteiger partial charge in [0.2, 0.25) is 0 Å². The Morgan fingerprint density at radius 1 is 1.05 bits per heavy atom. The summed E-state index contributed by atoms with van der Waals surface area (Å²) in [5.41, 5.74) is 2.48. The molecule has 98 valence electrons. The second-order valence-electron chi connectivity index (χ2n) is 4.26. The van der Waals surface area contributed by atoms with Crippen molar-refractivity contribution in [3.05, 3.63) is 48.8 Å². The number of amides is 2. The van der Waals surface area contributed by atoms with Gasteiger partial charge in [-0.1, -0.05) is 6.07 Å². The maximum Gasteiger partial charge on any atom is 0.323 e. The molecule has 0 unspecified atom stereocenters. The van der Waals surface area contributed by atoms with Gasteiger partial charge in [0.25, 0.3) is 0 Å². The van der Waals surface area contributed by atoms with Gasteiger partial charge in [0.1, 0.15) is 0 Å². The molecule has 19 heavy (non-hydrogen) atoms. The number of pyridine rings is 1. The average Bonchev–Trinajstić information content (AvgIpc) is 2.40. The third-order valence-corrected chi connectivity index (χ3v) is 2.56. The van der Waals surface area contributed by atoms with Crippen molar-refractivity contribution >= 4 is 23.1 Å². The van der Waals surface area contributed by atoms with Gasteiger partial charge in [-0.15, -0.1) is 0 Å². The largest absolute Gasteiger partial charge is 0.378 e. The van der Waals surface area contributed by atoms with Gasteiger partial charge in [-0.2, -0.15) is 0 Å². The van der Waals surface area contributed by atoms with Crippen LogP contribution in [0.25, 0.3) is 0 Å². The number of urea groups is 1. The fourth-order valence-corrected chi connectivity index (χ4v) is 1.59. The molecule has 0 saturated heterocycles. The first-order chi connectivity index (χ1) is 9.15. The Morgan fingerprint density at radius 2 is 1.74 bits per heavy atom. The molecule has 0 radical (unpaired) electrons. The fourth-order valence-electron chi connectivity index (χ4n) is 1.59. The minimum Gasteiger partial charge on any atom is -0.378 e. The quantitative estimate of drug-likeness (QED) is 0.887. The van der Waals surface area contributed by atoms with Crippen molar-refractivity contribution in [2.75, 3.05) is 29.6 Å². The Balaban J connectivity index is 2.01. The number of nitrogens with zero attached hydrogens (tertiary/aromatic N) is 2. The molecule has 1 aromatic heterocycles. The van der Waals surface area contributed by atoms with E-state index in [4.69, 9.17) is 0 Å². The first-order valence-corrected chi connectivity index (χ1v) is 5.90. The molecular formula is C14H16N4O. The minimum atomic E-state index is -0.276. The van der Waals surface area contributed by atoms with Crippen LogP contribution < -0.4 is 15.5 Å². The maximum absolute atomic E-state index is 11.8. The number of aromatic nitrogens is 1. The summed E-state index contributed by atoms with van der Waals surface area (Å²) < 4.78 is 0. The molecule has 2 amide bonds. The van der Waals surface area contributed by atoms with E-state index in [0.717, 1.165) is 11.4 Å². The number of benzene rings is 1. The maximum atomic E-state index is 11.8. The van der Waals surface area contributed by atoms with Crippen LogP contribution in [0.15, 0.2) is 48.8 Å². The van der Waals surface area contributed by atoms with E-state index in [1.54, 1.807) is 24.5 Å². The predicted molar refractivity (Wildman–Crippen MR) is 77.6 cm³/mol. The van der Waals surface area contributed by atoms with Gasteiger partial charge in [-0.05, 0) is 30.3 Å². The Bertz CT molecular complexity index is 554. The van der Waals surface area contributed by atoms with Gasteiger partial charge in [-0.3, -0.25) is 4.98 Å². The van der Waals surface area contributed by atoms with Crippen LogP contribution in [0.5, 0.6) is 0 Å². The van der Waals surface area contributed by atoms with Crippen LogP contribution in [-0.4, -0.2) is 25.1 Å². The van der Waals surface area contributed by atoms with E-state index < -0.39 is 0 Å². The second kappa shape index (κ2) is 5.86. The number of anilines is 3. The van der Waals surface area contributed by atoms with Gasteiger partial charge in [0.15, 0.2) is 0 Å². The number of carbonyl (C=O) groups excluding carboxylic acids is 1. The molecule has 0 fully saturated rings. The lowest BCUT2D eigenvalue weighted by Gasteiger charge is -2.14. The van der Waals surface area contributed by atoms with Gasteiger partial charge in [0, 0.05) is 43.6 Å². The minimum absolute atomic E-state index is 0.276. The summed E-state index contributed by atoms with van der Waals surface area (Å²) in [4.78, 5) is 17.7. The van der Waals surface area contributed by atoms with Crippen LogP contribution in [-0.2, 0) is 0 Å². The van der Waals surface area contributed by atoms with E-state index in [-0.39, 0.29) is 6.03 Å². The lowest BCUT2D eigenvalue weighted by Crippen LogP contribution is -2.19. The van der Waals surface area contributed by atoms with Crippen molar-refractivity contribution in [1.82, 2.24) is 4.98 Å². The standard InChI is InChI=1S/C14H16N4O/c1-18(2)13-5-3-4-12(10-13)17-14(19)16-11-6-8-15-9-7-11/h3-10H,1-2H3,(H2,15,16,17,19). The van der Waals surface area contributed by atoms with E-state index >= 15 is 0 Å². The predicted octanol–water partition coefficient (Wildman–Crippen LogP) is 2.79. The van der Waals surface area contributed by atoms with Gasteiger partial charge >= 0.3 is 6.03 Å². The number of nitrogens with one attached hydrogen (secondary N) is 2. The third kappa shape index (κ3) is 3.70. The highest BCUT2D eigenvalue weighted by molar-refractivity contribution is 5.99. The van der Waals surface area contributed by atoms with Crippen molar-refractivity contribution in [2.45, 2.75) is 0 Å². The van der Waals surface area contributed by atoms with Crippen molar-refractivity contribution in [3.8, 4) is 0 Å². The van der Waals surface area contributed by atoms with Crippen molar-refractivity contribution in [1.29, 1.82) is 0 Å². The summed E-state index contributed by atoms with van der Waals surface area (Å²) in [6, 6.07) is 10.8. The second-order valence-corrected chi connectivity index (χ2v) is 4.26. The van der Waals surface area contributed by atoms with Gasteiger partial charge < -0.3 is 15.5 Å². The molecule has 1 heterocycles. The molecule has 0 aliphatic heterocycles. The number of rotatable bonds is 3. The molecule has 5 nitrogen and oxygen atoms in total. The smallest absolute Gasteiger partial charge is 0.323 e. The lowest BCUT2D eigenvalue weighted by molar-refractivity contribution is 0.262. The molecular weight excluding hydrogens is 240 g/mol. The highest BCUT2D eigenvalue weighted by Gasteiger charge is 2.03. The number of hydrogen-bond acceptors (Lipinski definition) is 3. The number of carbonyl (C=O) groups is 1. The normalized spacial score (nSPS) is 9.79. The van der Waals surface area contributed by atoms with E-state index in [2.05, 4.69) is 15.6 Å². The highest BCUT2D eigenvalue weighted by atomic mass is 16.2.